The Morgan fingerprint density at radius 1 is 0.946 bits per heavy atom. The minimum absolute atomic E-state index is 0.0442. The lowest BCUT2D eigenvalue weighted by atomic mass is 10.0. The third kappa shape index (κ3) is 7.33. The van der Waals surface area contributed by atoms with Crippen molar-refractivity contribution in [1.82, 2.24) is 14.0 Å². The number of benzene rings is 1. The largest absolute Gasteiger partial charge is 0.488 e. The van der Waals surface area contributed by atoms with E-state index >= 15 is 0 Å². The number of aromatic nitrogens is 2. The van der Waals surface area contributed by atoms with Gasteiger partial charge in [-0.25, -0.2) is 9.00 Å². The van der Waals surface area contributed by atoms with Gasteiger partial charge in [-0.2, -0.15) is 0 Å². The average Bonchev–Trinajstić information content (AvgIpc) is 2.82. The highest BCUT2D eigenvalue weighted by molar-refractivity contribution is 7.80. The van der Waals surface area contributed by atoms with Gasteiger partial charge in [0, 0.05) is 50.9 Å². The normalized spacial score (nSPS) is 16.0. The Bertz CT molecular complexity index is 1180. The molecule has 1 saturated heterocycles. The van der Waals surface area contributed by atoms with Gasteiger partial charge < -0.3 is 9.64 Å². The van der Waals surface area contributed by atoms with Crippen LogP contribution in [0.25, 0.3) is 0 Å². The monoisotopic (exact) mass is 534 g/mol. The molecule has 1 aliphatic heterocycles. The summed E-state index contributed by atoms with van der Waals surface area (Å²) in [5.74, 6) is 1.44. The fourth-order valence-electron chi connectivity index (χ4n) is 4.55. The van der Waals surface area contributed by atoms with Crippen LogP contribution in [0.3, 0.4) is 0 Å². The fraction of sp³-hybridized carbons (Fsp3) is 0.630. The van der Waals surface area contributed by atoms with Crippen molar-refractivity contribution in [2.24, 2.45) is 0 Å². The second-order valence-electron chi connectivity index (χ2n) is 10.6. The molecule has 0 aliphatic carbocycles. The predicted octanol–water partition coefficient (Wildman–Crippen LogP) is 3.60. The van der Waals surface area contributed by atoms with Gasteiger partial charge in [-0.05, 0) is 79.2 Å². The molecule has 9 nitrogen and oxygen atoms in total. The molecule has 1 aliphatic rings. The molecule has 2 aromatic rings. The van der Waals surface area contributed by atoms with Crippen LogP contribution in [-0.2, 0) is 15.3 Å². The fourth-order valence-corrected chi connectivity index (χ4v) is 5.26. The number of piperazine rings is 1. The summed E-state index contributed by atoms with van der Waals surface area (Å²) in [6.07, 6.45) is 0.834. The van der Waals surface area contributed by atoms with Gasteiger partial charge >= 0.3 is 5.69 Å². The average molecular weight is 535 g/mol. The predicted molar refractivity (Wildman–Crippen MR) is 148 cm³/mol. The Kier molecular flexibility index (Phi) is 9.77. The first-order valence-corrected chi connectivity index (χ1v) is 14.2. The van der Waals surface area contributed by atoms with Gasteiger partial charge in [0.15, 0.2) is 11.1 Å². The molecule has 0 N–H and O–H groups in total. The third-order valence-corrected chi connectivity index (χ3v) is 7.65. The van der Waals surface area contributed by atoms with Crippen molar-refractivity contribution in [2.45, 2.75) is 77.5 Å². The first-order chi connectivity index (χ1) is 17.4. The minimum atomic E-state index is -1.45. The summed E-state index contributed by atoms with van der Waals surface area (Å²) < 4.78 is 26.4. The lowest BCUT2D eigenvalue weighted by molar-refractivity contribution is 0.0820. The molecule has 0 radical (unpaired) electrons. The molecule has 0 saturated carbocycles. The molecule has 1 atom stereocenters. The number of rotatable bonds is 11. The Morgan fingerprint density at radius 2 is 1.54 bits per heavy atom. The maximum absolute atomic E-state index is 13.1. The van der Waals surface area contributed by atoms with E-state index in [2.05, 4.69) is 23.6 Å². The van der Waals surface area contributed by atoms with Gasteiger partial charge in [0.25, 0.3) is 5.56 Å². The van der Waals surface area contributed by atoms with Crippen molar-refractivity contribution in [1.29, 1.82) is 0 Å². The molecule has 0 amide bonds. The first kappa shape index (κ1) is 29.1. The minimum Gasteiger partial charge on any atom is -0.488 e. The lowest BCUT2D eigenvalue weighted by Gasteiger charge is -2.38. The second-order valence-corrected chi connectivity index (χ2v) is 11.8. The summed E-state index contributed by atoms with van der Waals surface area (Å²) in [6.45, 7) is 18.1. The van der Waals surface area contributed by atoms with Crippen LogP contribution in [0, 0.1) is 0 Å². The Balaban J connectivity index is 1.59. The number of ether oxygens (including phenoxy) is 1. The van der Waals surface area contributed by atoms with Gasteiger partial charge in [-0.3, -0.25) is 23.0 Å². The maximum Gasteiger partial charge on any atom is 0.333 e. The van der Waals surface area contributed by atoms with Gasteiger partial charge in [0.1, 0.15) is 17.2 Å². The topological polar surface area (TPSA) is 86.0 Å². The highest BCUT2D eigenvalue weighted by atomic mass is 32.2. The van der Waals surface area contributed by atoms with Crippen molar-refractivity contribution >= 4 is 16.9 Å². The van der Waals surface area contributed by atoms with Crippen molar-refractivity contribution < 1.29 is 13.1 Å². The summed E-state index contributed by atoms with van der Waals surface area (Å²) in [6, 6.07) is 8.58. The summed E-state index contributed by atoms with van der Waals surface area (Å²) >= 11 is -1.45. The van der Waals surface area contributed by atoms with Crippen LogP contribution in [0.4, 0.5) is 5.82 Å². The van der Waals surface area contributed by atoms with Crippen LogP contribution >= 0.6 is 0 Å². The van der Waals surface area contributed by atoms with Crippen molar-refractivity contribution in [3.8, 4) is 5.75 Å². The SMILES string of the molecule is CCOS(=O)c1ccc(OC(C)(C)CCN2CCN(c3cc(=O)n(C(C)C)c(=O)n3C(C)C)CC2)cc1. The van der Waals surface area contributed by atoms with E-state index in [4.69, 9.17) is 8.92 Å². The van der Waals surface area contributed by atoms with Crippen LogP contribution in [-0.4, -0.2) is 63.2 Å². The van der Waals surface area contributed by atoms with Crippen LogP contribution in [0.15, 0.2) is 44.8 Å². The summed E-state index contributed by atoms with van der Waals surface area (Å²) in [5, 5.41) is 0. The molecule has 1 aromatic heterocycles. The molecule has 206 valence electrons. The smallest absolute Gasteiger partial charge is 0.333 e. The van der Waals surface area contributed by atoms with E-state index in [1.54, 1.807) is 22.8 Å². The quantitative estimate of drug-likeness (QED) is 0.435. The molecule has 3 rings (SSSR count). The van der Waals surface area contributed by atoms with Crippen molar-refractivity contribution in [3.63, 3.8) is 0 Å². The van der Waals surface area contributed by atoms with E-state index in [1.165, 1.54) is 4.57 Å². The highest BCUT2D eigenvalue weighted by Gasteiger charge is 2.26. The molecular formula is C27H42N4O5S. The molecule has 2 heterocycles. The van der Waals surface area contributed by atoms with E-state index in [1.807, 2.05) is 46.8 Å². The van der Waals surface area contributed by atoms with E-state index in [9.17, 15) is 13.8 Å². The highest BCUT2D eigenvalue weighted by Crippen LogP contribution is 2.24. The molecular weight excluding hydrogens is 492 g/mol. The molecule has 37 heavy (non-hydrogen) atoms. The van der Waals surface area contributed by atoms with Gasteiger partial charge in [-0.1, -0.05) is 0 Å². The standard InChI is InChI=1S/C27H42N4O5S/c1-8-35-37(34)23-11-9-22(10-12-23)36-27(6,7)13-14-28-15-17-29(18-16-28)24-19-25(32)31(21(4)5)26(33)30(24)20(2)3/h9-12,19-21H,8,13-18H2,1-7H3. The zero-order valence-electron chi connectivity index (χ0n) is 23.2. The maximum atomic E-state index is 13.1. The van der Waals surface area contributed by atoms with Crippen LogP contribution in [0.5, 0.6) is 5.75 Å². The van der Waals surface area contributed by atoms with E-state index in [0.29, 0.717) is 17.3 Å². The van der Waals surface area contributed by atoms with E-state index in [0.717, 1.165) is 44.9 Å². The Hall–Kier alpha value is -2.43. The van der Waals surface area contributed by atoms with Crippen molar-refractivity contribution in [2.75, 3.05) is 44.2 Å². The molecule has 0 spiro atoms. The van der Waals surface area contributed by atoms with E-state index < -0.39 is 11.1 Å². The molecule has 1 unspecified atom stereocenters. The Labute approximate surface area is 222 Å². The number of hydrogen-bond acceptors (Lipinski definition) is 7. The van der Waals surface area contributed by atoms with Gasteiger partial charge in [0.05, 0.1) is 11.5 Å². The summed E-state index contributed by atoms with van der Waals surface area (Å²) in [5.41, 5.74) is -0.867. The molecule has 1 aromatic carbocycles. The third-order valence-electron chi connectivity index (χ3n) is 6.54. The molecule has 0 bridgehead atoms. The first-order valence-electron chi connectivity index (χ1n) is 13.1. The second kappa shape index (κ2) is 12.4. The van der Waals surface area contributed by atoms with Crippen LogP contribution < -0.4 is 20.9 Å². The van der Waals surface area contributed by atoms with Crippen molar-refractivity contribution in [3.05, 3.63) is 51.2 Å². The number of nitrogens with zero attached hydrogens (tertiary/aromatic N) is 4. The van der Waals surface area contributed by atoms with Gasteiger partial charge in [-0.15, -0.1) is 0 Å². The van der Waals surface area contributed by atoms with E-state index in [-0.39, 0.29) is 28.9 Å². The summed E-state index contributed by atoms with van der Waals surface area (Å²) in [4.78, 5) is 31.0. The summed E-state index contributed by atoms with van der Waals surface area (Å²) in [7, 11) is 0. The number of hydrogen-bond donors (Lipinski definition) is 0. The van der Waals surface area contributed by atoms with Gasteiger partial charge in [0.2, 0.25) is 0 Å². The molecule has 1 fully saturated rings. The number of anilines is 1. The lowest BCUT2D eigenvalue weighted by Crippen LogP contribution is -2.51. The zero-order chi connectivity index (χ0) is 27.3. The van der Waals surface area contributed by atoms with Crippen LogP contribution in [0.2, 0.25) is 0 Å². The zero-order valence-corrected chi connectivity index (χ0v) is 24.0. The Morgan fingerprint density at radius 3 is 2.08 bits per heavy atom. The molecule has 10 heteroatoms. The van der Waals surface area contributed by atoms with Crippen LogP contribution in [0.1, 0.15) is 67.0 Å².